The average Bonchev–Trinajstić information content (AvgIpc) is 3.08. The molecule has 0 atom stereocenters. The highest BCUT2D eigenvalue weighted by molar-refractivity contribution is 5.64. The summed E-state index contributed by atoms with van der Waals surface area (Å²) in [7, 11) is 5.08. The van der Waals surface area contributed by atoms with E-state index in [9.17, 15) is 10.1 Å². The van der Waals surface area contributed by atoms with E-state index in [2.05, 4.69) is 10.4 Å². The van der Waals surface area contributed by atoms with Gasteiger partial charge in [-0.2, -0.15) is 5.10 Å². The van der Waals surface area contributed by atoms with Gasteiger partial charge < -0.3 is 14.8 Å². The predicted molar refractivity (Wildman–Crippen MR) is 105 cm³/mol. The lowest BCUT2D eigenvalue weighted by molar-refractivity contribution is -0.384. The van der Waals surface area contributed by atoms with Crippen LogP contribution in [0.1, 0.15) is 11.1 Å². The number of methoxy groups -OCH3 is 2. The molecule has 0 saturated carbocycles. The molecule has 0 spiro atoms. The number of rotatable bonds is 8. The van der Waals surface area contributed by atoms with Crippen LogP contribution < -0.4 is 14.8 Å². The van der Waals surface area contributed by atoms with Crippen molar-refractivity contribution < 1.29 is 14.4 Å². The summed E-state index contributed by atoms with van der Waals surface area (Å²) < 4.78 is 12.5. The quantitative estimate of drug-likeness (QED) is 0.475. The largest absolute Gasteiger partial charge is 0.493 e. The van der Waals surface area contributed by atoms with Crippen LogP contribution in [0.25, 0.3) is 11.3 Å². The number of benzene rings is 2. The van der Waals surface area contributed by atoms with E-state index >= 15 is 0 Å². The number of nitrogens with zero attached hydrogens (tertiary/aromatic N) is 3. The number of nitro benzene ring substituents is 1. The number of nitro groups is 1. The Balaban J connectivity index is 1.75. The number of ether oxygens (including phenoxy) is 2. The molecule has 1 heterocycles. The Labute approximate surface area is 162 Å². The van der Waals surface area contributed by atoms with Crippen molar-refractivity contribution in [3.63, 3.8) is 0 Å². The molecule has 0 aliphatic rings. The van der Waals surface area contributed by atoms with E-state index in [1.165, 1.54) is 12.1 Å². The molecule has 3 rings (SSSR count). The van der Waals surface area contributed by atoms with Crippen LogP contribution in [0.5, 0.6) is 11.5 Å². The lowest BCUT2D eigenvalue weighted by Crippen LogP contribution is -2.14. The molecule has 0 amide bonds. The number of non-ortho nitro benzene ring substituents is 1. The Morgan fingerprint density at radius 1 is 1.07 bits per heavy atom. The standard InChI is InChI=1S/C20H22N4O4/c1-23-13-16(19(22-23)14-7-9-17(10-8-14)24(25)26)12-21-11-15-5-4-6-18(27-2)20(15)28-3/h4-10,13,21H,11-12H2,1-3H3. The molecule has 0 saturated heterocycles. The Morgan fingerprint density at radius 3 is 2.43 bits per heavy atom. The van der Waals surface area contributed by atoms with E-state index in [1.54, 1.807) is 31.0 Å². The fourth-order valence-electron chi connectivity index (χ4n) is 3.08. The van der Waals surface area contributed by atoms with Crippen molar-refractivity contribution in [3.05, 3.63) is 69.9 Å². The Kier molecular flexibility index (Phi) is 5.90. The van der Waals surface area contributed by atoms with Crippen LogP contribution in [0.15, 0.2) is 48.7 Å². The van der Waals surface area contributed by atoms with Gasteiger partial charge in [0.05, 0.1) is 24.8 Å². The zero-order chi connectivity index (χ0) is 20.1. The second-order valence-corrected chi connectivity index (χ2v) is 6.24. The summed E-state index contributed by atoms with van der Waals surface area (Å²) in [5.41, 5.74) is 3.68. The first-order valence-electron chi connectivity index (χ1n) is 8.71. The highest BCUT2D eigenvalue weighted by Gasteiger charge is 2.13. The van der Waals surface area contributed by atoms with Crippen LogP contribution in [0.3, 0.4) is 0 Å². The third-order valence-corrected chi connectivity index (χ3v) is 4.37. The predicted octanol–water partition coefficient (Wildman–Crippen LogP) is 3.30. The molecule has 0 aliphatic carbocycles. The first-order chi connectivity index (χ1) is 13.5. The van der Waals surface area contributed by atoms with Gasteiger partial charge in [-0.05, 0) is 18.2 Å². The van der Waals surface area contributed by atoms with E-state index in [0.717, 1.165) is 22.4 Å². The lowest BCUT2D eigenvalue weighted by atomic mass is 10.1. The van der Waals surface area contributed by atoms with Crippen LogP contribution in [0.4, 0.5) is 5.69 Å². The molecule has 0 aliphatic heterocycles. The summed E-state index contributed by atoms with van der Waals surface area (Å²) in [6.07, 6.45) is 1.94. The maximum absolute atomic E-state index is 10.9. The Morgan fingerprint density at radius 2 is 1.79 bits per heavy atom. The second-order valence-electron chi connectivity index (χ2n) is 6.24. The third-order valence-electron chi connectivity index (χ3n) is 4.37. The summed E-state index contributed by atoms with van der Waals surface area (Å²) >= 11 is 0. The smallest absolute Gasteiger partial charge is 0.269 e. The van der Waals surface area contributed by atoms with Crippen molar-refractivity contribution in [2.75, 3.05) is 14.2 Å². The van der Waals surface area contributed by atoms with Crippen LogP contribution in [0.2, 0.25) is 0 Å². The second kappa shape index (κ2) is 8.53. The van der Waals surface area contributed by atoms with Crippen molar-refractivity contribution in [2.24, 2.45) is 7.05 Å². The first kappa shape index (κ1) is 19.4. The number of aromatic nitrogens is 2. The van der Waals surface area contributed by atoms with E-state index in [4.69, 9.17) is 9.47 Å². The number of hydrogen-bond donors (Lipinski definition) is 1. The minimum atomic E-state index is -0.411. The third kappa shape index (κ3) is 4.12. The van der Waals surface area contributed by atoms with Gasteiger partial charge >= 0.3 is 0 Å². The maximum atomic E-state index is 10.9. The normalized spacial score (nSPS) is 10.7. The SMILES string of the molecule is COc1cccc(CNCc2cn(C)nc2-c2ccc([N+](=O)[O-])cc2)c1OC. The molecule has 0 unspecified atom stereocenters. The van der Waals surface area contributed by atoms with E-state index in [0.29, 0.717) is 24.6 Å². The summed E-state index contributed by atoms with van der Waals surface area (Å²) in [6, 6.07) is 12.2. The minimum absolute atomic E-state index is 0.0597. The summed E-state index contributed by atoms with van der Waals surface area (Å²) in [5.74, 6) is 1.40. The van der Waals surface area contributed by atoms with Gasteiger partial charge in [0.1, 0.15) is 0 Å². The molecule has 1 aromatic heterocycles. The van der Waals surface area contributed by atoms with Crippen LogP contribution in [-0.4, -0.2) is 28.9 Å². The Hall–Kier alpha value is -3.39. The van der Waals surface area contributed by atoms with Crippen molar-refractivity contribution >= 4 is 5.69 Å². The fraction of sp³-hybridized carbons (Fsp3) is 0.250. The Bertz CT molecular complexity index is 967. The van der Waals surface area contributed by atoms with E-state index < -0.39 is 4.92 Å². The van der Waals surface area contributed by atoms with Crippen molar-refractivity contribution in [3.8, 4) is 22.8 Å². The highest BCUT2D eigenvalue weighted by atomic mass is 16.6. The van der Waals surface area contributed by atoms with Gasteiger partial charge in [0.2, 0.25) is 0 Å². The molecule has 28 heavy (non-hydrogen) atoms. The summed E-state index contributed by atoms with van der Waals surface area (Å²) in [5, 5.41) is 18.8. The molecule has 8 nitrogen and oxygen atoms in total. The van der Waals surface area contributed by atoms with Crippen molar-refractivity contribution in [2.45, 2.75) is 13.1 Å². The zero-order valence-corrected chi connectivity index (χ0v) is 16.0. The zero-order valence-electron chi connectivity index (χ0n) is 16.0. The van der Waals surface area contributed by atoms with Crippen LogP contribution >= 0.6 is 0 Å². The van der Waals surface area contributed by atoms with E-state index in [1.807, 2.05) is 31.4 Å². The van der Waals surface area contributed by atoms with Crippen molar-refractivity contribution in [1.82, 2.24) is 15.1 Å². The minimum Gasteiger partial charge on any atom is -0.493 e. The van der Waals surface area contributed by atoms with Gasteiger partial charge in [-0.3, -0.25) is 14.8 Å². The van der Waals surface area contributed by atoms with Crippen LogP contribution in [0, 0.1) is 10.1 Å². The van der Waals surface area contributed by atoms with Gasteiger partial charge in [-0.1, -0.05) is 12.1 Å². The topological polar surface area (TPSA) is 91.5 Å². The monoisotopic (exact) mass is 382 g/mol. The van der Waals surface area contributed by atoms with Gasteiger partial charge in [0.25, 0.3) is 5.69 Å². The molecule has 146 valence electrons. The van der Waals surface area contributed by atoms with E-state index in [-0.39, 0.29) is 5.69 Å². The summed E-state index contributed by atoms with van der Waals surface area (Å²) in [6.45, 7) is 1.18. The summed E-state index contributed by atoms with van der Waals surface area (Å²) in [4.78, 5) is 10.4. The molecular formula is C20H22N4O4. The van der Waals surface area contributed by atoms with Crippen LogP contribution in [-0.2, 0) is 20.1 Å². The molecule has 3 aromatic rings. The number of hydrogen-bond acceptors (Lipinski definition) is 6. The first-order valence-corrected chi connectivity index (χ1v) is 8.71. The number of para-hydroxylation sites is 1. The van der Waals surface area contributed by atoms with Crippen molar-refractivity contribution in [1.29, 1.82) is 0 Å². The van der Waals surface area contributed by atoms with Gasteiger partial charge in [0, 0.05) is 55.2 Å². The molecule has 0 fully saturated rings. The lowest BCUT2D eigenvalue weighted by Gasteiger charge is -2.13. The number of nitrogens with one attached hydrogen (secondary N) is 1. The average molecular weight is 382 g/mol. The highest BCUT2D eigenvalue weighted by Crippen LogP contribution is 2.30. The molecule has 0 bridgehead atoms. The molecule has 1 N–H and O–H groups in total. The van der Waals surface area contributed by atoms with Gasteiger partial charge in [0.15, 0.2) is 11.5 Å². The molecule has 2 aromatic carbocycles. The van der Waals surface area contributed by atoms with Gasteiger partial charge in [-0.25, -0.2) is 0 Å². The van der Waals surface area contributed by atoms with Gasteiger partial charge in [-0.15, -0.1) is 0 Å². The maximum Gasteiger partial charge on any atom is 0.269 e. The molecule has 0 radical (unpaired) electrons. The number of aryl methyl sites for hydroxylation is 1. The molecule has 8 heteroatoms. The molecular weight excluding hydrogens is 360 g/mol. The fourth-order valence-corrected chi connectivity index (χ4v) is 3.08.